The predicted octanol–water partition coefficient (Wildman–Crippen LogP) is 4.44. The molecule has 1 heterocycles. The molecule has 1 aromatic heterocycles. The molecule has 0 radical (unpaired) electrons. The summed E-state index contributed by atoms with van der Waals surface area (Å²) in [7, 11) is 1.42. The average Bonchev–Trinajstić information content (AvgIpc) is 2.72. The van der Waals surface area contributed by atoms with Gasteiger partial charge in [-0.15, -0.1) is 11.3 Å². The fraction of sp³-hybridized carbons (Fsp3) is 0.500. The number of methoxy groups -OCH3 is 1. The lowest BCUT2D eigenvalue weighted by Gasteiger charge is -2.06. The van der Waals surface area contributed by atoms with Gasteiger partial charge in [0, 0.05) is 10.3 Å². The van der Waals surface area contributed by atoms with Crippen molar-refractivity contribution in [1.29, 1.82) is 0 Å². The van der Waals surface area contributed by atoms with Gasteiger partial charge < -0.3 is 4.74 Å². The summed E-state index contributed by atoms with van der Waals surface area (Å²) in [6.07, 6.45) is 5.60. The number of carbonyl (C=O) groups excluding carboxylic acids is 1. The predicted molar refractivity (Wildman–Crippen MR) is 73.6 cm³/mol. The third-order valence-electron chi connectivity index (χ3n) is 2.88. The second kappa shape index (κ2) is 6.60. The Hall–Kier alpha value is -1.09. The van der Waals surface area contributed by atoms with Crippen LogP contribution in [0.1, 0.15) is 53.9 Å². The average molecular weight is 252 g/mol. The van der Waals surface area contributed by atoms with E-state index in [1.54, 1.807) is 11.3 Å². The molecule has 0 bridgehead atoms. The van der Waals surface area contributed by atoms with Crippen LogP contribution in [0.4, 0.5) is 0 Å². The fourth-order valence-corrected chi connectivity index (χ4v) is 2.97. The van der Waals surface area contributed by atoms with Gasteiger partial charge in [0.1, 0.15) is 0 Å². The van der Waals surface area contributed by atoms with Crippen LogP contribution in [0, 0.1) is 6.92 Å². The summed E-state index contributed by atoms with van der Waals surface area (Å²) in [5.41, 5.74) is 3.08. The van der Waals surface area contributed by atoms with Crippen LogP contribution < -0.4 is 0 Å². The van der Waals surface area contributed by atoms with E-state index >= 15 is 0 Å². The Bertz CT molecular complexity index is 416. The maximum Gasteiger partial charge on any atom is 0.338 e. The van der Waals surface area contributed by atoms with Gasteiger partial charge in [-0.1, -0.05) is 19.4 Å². The van der Waals surface area contributed by atoms with Gasteiger partial charge >= 0.3 is 5.97 Å². The molecule has 0 saturated carbocycles. The largest absolute Gasteiger partial charge is 0.465 e. The number of unbranched alkanes of at least 4 members (excludes halogenated alkanes) is 1. The molecule has 0 atom stereocenters. The molecular weight excluding hydrogens is 232 g/mol. The van der Waals surface area contributed by atoms with Crippen LogP contribution >= 0.6 is 11.3 Å². The van der Waals surface area contributed by atoms with Crippen molar-refractivity contribution in [3.63, 3.8) is 0 Å². The monoisotopic (exact) mass is 252 g/mol. The molecule has 0 aromatic carbocycles. The van der Waals surface area contributed by atoms with E-state index in [0.717, 1.165) is 12.0 Å². The lowest BCUT2D eigenvalue weighted by atomic mass is 10.0. The van der Waals surface area contributed by atoms with Crippen LogP contribution in [0.15, 0.2) is 11.5 Å². The lowest BCUT2D eigenvalue weighted by Crippen LogP contribution is -2.01. The second-order valence-corrected chi connectivity index (χ2v) is 4.89. The van der Waals surface area contributed by atoms with E-state index in [0.29, 0.717) is 5.56 Å². The van der Waals surface area contributed by atoms with Crippen LogP contribution in [0.3, 0.4) is 0 Å². The van der Waals surface area contributed by atoms with Gasteiger partial charge in [0.2, 0.25) is 0 Å². The number of rotatable bonds is 5. The highest BCUT2D eigenvalue weighted by Crippen LogP contribution is 2.31. The number of allylic oxidation sites excluding steroid dienone is 2. The first-order chi connectivity index (χ1) is 8.15. The molecule has 1 rings (SSSR count). The van der Waals surface area contributed by atoms with Crippen molar-refractivity contribution < 1.29 is 9.53 Å². The highest BCUT2D eigenvalue weighted by atomic mass is 32.1. The molecule has 0 aliphatic heterocycles. The Balaban J connectivity index is 2.99. The summed E-state index contributed by atoms with van der Waals surface area (Å²) >= 11 is 1.63. The first-order valence-corrected chi connectivity index (χ1v) is 6.85. The van der Waals surface area contributed by atoms with Crippen molar-refractivity contribution in [2.45, 2.75) is 40.0 Å². The maximum atomic E-state index is 11.5. The summed E-state index contributed by atoms with van der Waals surface area (Å²) in [6.45, 7) is 6.24. The van der Waals surface area contributed by atoms with Crippen molar-refractivity contribution >= 4 is 22.9 Å². The van der Waals surface area contributed by atoms with E-state index in [1.807, 2.05) is 12.3 Å². The number of esters is 1. The molecule has 0 saturated heterocycles. The van der Waals surface area contributed by atoms with Crippen LogP contribution in [0.5, 0.6) is 0 Å². The highest BCUT2D eigenvalue weighted by Gasteiger charge is 2.16. The van der Waals surface area contributed by atoms with Gasteiger partial charge in [-0.3, -0.25) is 0 Å². The minimum atomic E-state index is -0.240. The second-order valence-electron chi connectivity index (χ2n) is 4.01. The Morgan fingerprint density at radius 2 is 2.24 bits per heavy atom. The van der Waals surface area contributed by atoms with Crippen LogP contribution in [0.2, 0.25) is 0 Å². The molecular formula is C14H20O2S. The number of carbonyl (C=O) groups is 1. The SMILES string of the molecule is C/C=C(/CCCC)c1scc(C(=O)OC)c1C. The molecule has 1 aromatic rings. The van der Waals surface area contributed by atoms with E-state index in [4.69, 9.17) is 4.74 Å². The summed E-state index contributed by atoms with van der Waals surface area (Å²) in [4.78, 5) is 12.8. The van der Waals surface area contributed by atoms with Crippen LogP contribution in [-0.2, 0) is 4.74 Å². The molecule has 0 amide bonds. The minimum absolute atomic E-state index is 0.240. The number of hydrogen-bond donors (Lipinski definition) is 0. The summed E-state index contributed by atoms with van der Waals surface area (Å²) in [5.74, 6) is -0.240. The number of hydrogen-bond acceptors (Lipinski definition) is 3. The van der Waals surface area contributed by atoms with E-state index in [9.17, 15) is 4.79 Å². The van der Waals surface area contributed by atoms with Crippen molar-refractivity contribution in [2.24, 2.45) is 0 Å². The summed E-state index contributed by atoms with van der Waals surface area (Å²) < 4.78 is 4.77. The van der Waals surface area contributed by atoms with Gasteiger partial charge in [0.05, 0.1) is 12.7 Å². The summed E-state index contributed by atoms with van der Waals surface area (Å²) in [6, 6.07) is 0. The normalized spacial score (nSPS) is 11.6. The molecule has 0 spiro atoms. The quantitative estimate of drug-likeness (QED) is 0.724. The standard InChI is InChI=1S/C14H20O2S/c1-5-7-8-11(6-2)13-10(3)12(9-17-13)14(15)16-4/h6,9H,5,7-8H2,1-4H3/b11-6-. The molecule has 0 aliphatic carbocycles. The minimum Gasteiger partial charge on any atom is -0.465 e. The highest BCUT2D eigenvalue weighted by molar-refractivity contribution is 7.11. The van der Waals surface area contributed by atoms with E-state index in [1.165, 1.54) is 30.4 Å². The van der Waals surface area contributed by atoms with Crippen molar-refractivity contribution in [3.8, 4) is 0 Å². The Morgan fingerprint density at radius 3 is 2.76 bits per heavy atom. The molecule has 94 valence electrons. The Labute approximate surface area is 107 Å². The van der Waals surface area contributed by atoms with Crippen LogP contribution in [-0.4, -0.2) is 13.1 Å². The first-order valence-electron chi connectivity index (χ1n) is 5.97. The third kappa shape index (κ3) is 3.19. The molecule has 0 N–H and O–H groups in total. The lowest BCUT2D eigenvalue weighted by molar-refractivity contribution is 0.0600. The zero-order valence-electron chi connectivity index (χ0n) is 11.0. The van der Waals surface area contributed by atoms with Gasteiger partial charge in [-0.05, 0) is 37.8 Å². The topological polar surface area (TPSA) is 26.3 Å². The Morgan fingerprint density at radius 1 is 1.53 bits per heavy atom. The first kappa shape index (κ1) is 14.0. The smallest absolute Gasteiger partial charge is 0.338 e. The molecule has 2 nitrogen and oxygen atoms in total. The van der Waals surface area contributed by atoms with Crippen molar-refractivity contribution in [2.75, 3.05) is 7.11 Å². The molecule has 0 aliphatic rings. The third-order valence-corrected chi connectivity index (χ3v) is 4.04. The zero-order chi connectivity index (χ0) is 12.8. The van der Waals surface area contributed by atoms with Crippen molar-refractivity contribution in [3.05, 3.63) is 27.5 Å². The van der Waals surface area contributed by atoms with Gasteiger partial charge in [-0.2, -0.15) is 0 Å². The van der Waals surface area contributed by atoms with Crippen molar-refractivity contribution in [1.82, 2.24) is 0 Å². The number of ether oxygens (including phenoxy) is 1. The molecule has 0 unspecified atom stereocenters. The molecule has 3 heteroatoms. The summed E-state index contributed by atoms with van der Waals surface area (Å²) in [5, 5.41) is 1.89. The van der Waals surface area contributed by atoms with E-state index < -0.39 is 0 Å². The maximum absolute atomic E-state index is 11.5. The fourth-order valence-electron chi connectivity index (χ4n) is 1.80. The van der Waals surface area contributed by atoms with Crippen LogP contribution in [0.25, 0.3) is 5.57 Å². The van der Waals surface area contributed by atoms with E-state index in [2.05, 4.69) is 19.9 Å². The molecule has 17 heavy (non-hydrogen) atoms. The zero-order valence-corrected chi connectivity index (χ0v) is 11.8. The van der Waals surface area contributed by atoms with Gasteiger partial charge in [-0.25, -0.2) is 4.79 Å². The number of thiophene rings is 1. The molecule has 0 fully saturated rings. The Kier molecular flexibility index (Phi) is 5.42. The van der Waals surface area contributed by atoms with Gasteiger partial charge in [0.15, 0.2) is 0 Å². The van der Waals surface area contributed by atoms with Gasteiger partial charge in [0.25, 0.3) is 0 Å². The van der Waals surface area contributed by atoms with E-state index in [-0.39, 0.29) is 5.97 Å².